The molecule has 0 unspecified atom stereocenters. The van der Waals surface area contributed by atoms with E-state index in [1.54, 1.807) is 49.6 Å². The minimum atomic E-state index is 0.756. The molecule has 12 nitrogen and oxygen atoms in total. The van der Waals surface area contributed by atoms with Crippen molar-refractivity contribution in [2.75, 3.05) is 0 Å². The Labute approximate surface area is 589 Å². The molecule has 0 saturated heterocycles. The third-order valence-corrected chi connectivity index (χ3v) is 18.0. The summed E-state index contributed by atoms with van der Waals surface area (Å²) in [4.78, 5) is 58.1. The molecule has 0 bridgehead atoms. The predicted octanol–water partition coefficient (Wildman–Crippen LogP) is 21.1. The first-order valence-electron chi connectivity index (χ1n) is 33.5. The van der Waals surface area contributed by atoms with Crippen molar-refractivity contribution in [1.82, 2.24) is 59.8 Å². The maximum Gasteiger partial charge on any atom is 0.0900 e. The monoisotopic (exact) mass is 1310 g/mol. The molecule has 0 amide bonds. The minimum Gasteiger partial charge on any atom is -0.255 e. The van der Waals surface area contributed by atoms with E-state index in [0.29, 0.717) is 0 Å². The highest BCUT2D eigenvalue weighted by atomic mass is 14.8. The lowest BCUT2D eigenvalue weighted by Crippen LogP contribution is -1.95. The molecule has 0 aliphatic rings. The average molecular weight is 1310 g/mol. The molecule has 0 N–H and O–H groups in total. The Balaban J connectivity index is 0.843. The number of aromatic nitrogens is 12. The van der Waals surface area contributed by atoms with Crippen LogP contribution in [-0.2, 0) is 0 Å². The van der Waals surface area contributed by atoms with Crippen LogP contribution in [0.25, 0.3) is 180 Å². The lowest BCUT2D eigenvalue weighted by Gasteiger charge is -2.19. The maximum atomic E-state index is 5.10. The summed E-state index contributed by atoms with van der Waals surface area (Å²) >= 11 is 0. The molecule has 12 heteroatoms. The summed E-state index contributed by atoms with van der Waals surface area (Å²) in [5.41, 5.74) is 28.6. The predicted molar refractivity (Wildman–Crippen MR) is 407 cm³/mol. The number of benzene rings is 5. The SMILES string of the molecule is c1ccc(-c2cc(-c3ccc(-c4cc(-c5ccc(-c6cc(-c7ccccn7)nc(-c7ccccn7)c6)cc5)c(-c5ccc(-c6cc(-c7ccccn7)nc(-c7ccccn7)c6)cc5)cc4-c4ccc(-c5cc(-c6ccccn6)nc(-c6ccccn6)c5)cc4)cc3)cc(-c3ccccn3)n2)nc1. The van der Waals surface area contributed by atoms with Crippen molar-refractivity contribution in [2.24, 2.45) is 0 Å². The van der Waals surface area contributed by atoms with E-state index in [9.17, 15) is 0 Å². The van der Waals surface area contributed by atoms with Crippen molar-refractivity contribution in [3.05, 3.63) is 353 Å². The van der Waals surface area contributed by atoms with Crippen LogP contribution in [0.4, 0.5) is 0 Å². The van der Waals surface area contributed by atoms with Crippen molar-refractivity contribution >= 4 is 0 Å². The fourth-order valence-corrected chi connectivity index (χ4v) is 12.9. The van der Waals surface area contributed by atoms with Gasteiger partial charge in [-0.05, 0) is 247 Å². The molecule has 478 valence electrons. The molecule has 0 spiro atoms. The highest BCUT2D eigenvalue weighted by Gasteiger charge is 2.21. The van der Waals surface area contributed by atoms with Gasteiger partial charge in [0.2, 0.25) is 0 Å². The minimum absolute atomic E-state index is 0.756. The van der Waals surface area contributed by atoms with Crippen molar-refractivity contribution in [2.45, 2.75) is 0 Å². The van der Waals surface area contributed by atoms with E-state index in [1.165, 1.54) is 0 Å². The Morgan fingerprint density at radius 2 is 0.265 bits per heavy atom. The van der Waals surface area contributed by atoms with Gasteiger partial charge < -0.3 is 0 Å². The Bertz CT molecular complexity index is 4840. The molecule has 0 saturated carbocycles. The highest BCUT2D eigenvalue weighted by molar-refractivity contribution is 5.97. The molecule has 0 atom stereocenters. The quantitative estimate of drug-likeness (QED) is 0.0904. The van der Waals surface area contributed by atoms with Gasteiger partial charge in [0.1, 0.15) is 0 Å². The van der Waals surface area contributed by atoms with Crippen LogP contribution in [0.15, 0.2) is 353 Å². The first-order valence-corrected chi connectivity index (χ1v) is 33.5. The standard InChI is InChI=1S/C90H58N12/c1-9-41-91-75(17-1)83-49-67(50-84(99-83)76-18-2-10-42-92-76)59-25-33-63(34-26-59)71-57-73(65-37-29-61(30-38-65)69-53-87(79-21-5-13-45-95-79)101-88(54-69)80-22-6-14-46-96-80)74(66-39-31-62(32-40-66)70-55-89(81-23-7-15-47-97-81)102-90(56-70)82-24-8-16-48-98-82)58-72(71)64-35-27-60(28-36-64)68-51-85(77-19-3-11-43-93-77)100-86(52-68)78-20-4-12-44-94-78/h1-58H. The largest absolute Gasteiger partial charge is 0.255 e. The van der Waals surface area contributed by atoms with Gasteiger partial charge in [-0.3, -0.25) is 39.9 Å². The Morgan fingerprint density at radius 1 is 0.118 bits per heavy atom. The molecule has 0 radical (unpaired) electrons. The molecular weight excluding hydrogens is 1250 g/mol. The second-order valence-corrected chi connectivity index (χ2v) is 24.5. The van der Waals surface area contributed by atoms with Gasteiger partial charge in [-0.15, -0.1) is 0 Å². The van der Waals surface area contributed by atoms with Gasteiger partial charge in [-0.1, -0.05) is 146 Å². The first-order chi connectivity index (χ1) is 50.5. The fraction of sp³-hybridized carbons (Fsp3) is 0. The van der Waals surface area contributed by atoms with Gasteiger partial charge >= 0.3 is 0 Å². The Kier molecular flexibility index (Phi) is 16.8. The summed E-state index contributed by atoms with van der Waals surface area (Å²) in [5, 5.41) is 0. The van der Waals surface area contributed by atoms with E-state index in [1.807, 2.05) is 146 Å². The molecule has 17 aromatic rings. The zero-order valence-electron chi connectivity index (χ0n) is 54.9. The molecule has 0 aliphatic heterocycles. The number of hydrogen-bond donors (Lipinski definition) is 0. The molecule has 12 heterocycles. The van der Waals surface area contributed by atoms with Crippen LogP contribution in [0.3, 0.4) is 0 Å². The molecule has 17 rings (SSSR count). The van der Waals surface area contributed by atoms with E-state index in [4.69, 9.17) is 59.8 Å². The molecule has 5 aromatic carbocycles. The molecule has 12 aromatic heterocycles. The zero-order valence-corrected chi connectivity index (χ0v) is 54.9. The molecule has 0 aliphatic carbocycles. The third kappa shape index (κ3) is 13.0. The van der Waals surface area contributed by atoms with E-state index >= 15 is 0 Å². The molecule has 0 fully saturated rings. The van der Waals surface area contributed by atoms with Crippen LogP contribution < -0.4 is 0 Å². The molecule has 102 heavy (non-hydrogen) atoms. The van der Waals surface area contributed by atoms with Crippen LogP contribution >= 0.6 is 0 Å². The van der Waals surface area contributed by atoms with Crippen LogP contribution in [-0.4, -0.2) is 59.8 Å². The van der Waals surface area contributed by atoms with Gasteiger partial charge in [0.15, 0.2) is 0 Å². The van der Waals surface area contributed by atoms with Crippen molar-refractivity contribution in [3.8, 4) is 180 Å². The summed E-state index contributed by atoms with van der Waals surface area (Å²) in [6, 6.07) is 104. The van der Waals surface area contributed by atoms with Crippen LogP contribution in [0.1, 0.15) is 0 Å². The van der Waals surface area contributed by atoms with Crippen LogP contribution in [0.5, 0.6) is 0 Å². The lowest BCUT2D eigenvalue weighted by atomic mass is 9.84. The van der Waals surface area contributed by atoms with Crippen molar-refractivity contribution < 1.29 is 0 Å². The summed E-state index contributed by atoms with van der Waals surface area (Å²) in [5.74, 6) is 0. The highest BCUT2D eigenvalue weighted by Crippen LogP contribution is 2.45. The number of hydrogen-bond acceptors (Lipinski definition) is 12. The normalized spacial score (nSPS) is 11.1. The van der Waals surface area contributed by atoms with Gasteiger partial charge in [0, 0.05) is 49.6 Å². The summed E-state index contributed by atoms with van der Waals surface area (Å²) in [6.45, 7) is 0. The summed E-state index contributed by atoms with van der Waals surface area (Å²) in [6.07, 6.45) is 14.4. The topological polar surface area (TPSA) is 155 Å². The van der Waals surface area contributed by atoms with Crippen LogP contribution in [0.2, 0.25) is 0 Å². The average Bonchev–Trinajstić information content (AvgIpc) is 0.753. The number of pyridine rings is 12. The lowest BCUT2D eigenvalue weighted by molar-refractivity contribution is 1.22. The van der Waals surface area contributed by atoms with Gasteiger partial charge in [0.05, 0.1) is 91.1 Å². The second kappa shape index (κ2) is 27.8. The van der Waals surface area contributed by atoms with Crippen LogP contribution in [0, 0.1) is 0 Å². The fourth-order valence-electron chi connectivity index (χ4n) is 12.9. The maximum absolute atomic E-state index is 5.10. The second-order valence-electron chi connectivity index (χ2n) is 24.5. The van der Waals surface area contributed by atoms with Gasteiger partial charge in [0.25, 0.3) is 0 Å². The molecular formula is C90H58N12. The first kappa shape index (κ1) is 61.5. The van der Waals surface area contributed by atoms with Gasteiger partial charge in [-0.25, -0.2) is 19.9 Å². The van der Waals surface area contributed by atoms with Crippen molar-refractivity contribution in [3.63, 3.8) is 0 Å². The summed E-state index contributed by atoms with van der Waals surface area (Å²) in [7, 11) is 0. The third-order valence-electron chi connectivity index (χ3n) is 18.0. The summed E-state index contributed by atoms with van der Waals surface area (Å²) < 4.78 is 0. The van der Waals surface area contributed by atoms with Crippen molar-refractivity contribution in [1.29, 1.82) is 0 Å². The van der Waals surface area contributed by atoms with Gasteiger partial charge in [-0.2, -0.15) is 0 Å². The van der Waals surface area contributed by atoms with E-state index in [0.717, 1.165) is 180 Å². The number of nitrogens with zero attached hydrogens (tertiary/aromatic N) is 12. The van der Waals surface area contributed by atoms with E-state index in [2.05, 4.69) is 158 Å². The number of rotatable bonds is 16. The smallest absolute Gasteiger partial charge is 0.0900 e. The Hall–Kier alpha value is -14.1. The Morgan fingerprint density at radius 3 is 0.402 bits per heavy atom. The zero-order chi connectivity index (χ0) is 68.0. The van der Waals surface area contributed by atoms with E-state index in [-0.39, 0.29) is 0 Å². The van der Waals surface area contributed by atoms with E-state index < -0.39 is 0 Å².